The monoisotopic (exact) mass is 246 g/mol. The van der Waals surface area contributed by atoms with E-state index in [1.54, 1.807) is 0 Å². The molecule has 1 aliphatic rings. The molecule has 1 unspecified atom stereocenters. The quantitative estimate of drug-likeness (QED) is 0.859. The van der Waals surface area contributed by atoms with E-state index in [4.69, 9.17) is 0 Å². The molecule has 1 heterocycles. The Bertz CT molecular complexity index is 373. The Balaban J connectivity index is 2.10. The first-order valence-corrected chi connectivity index (χ1v) is 7.27. The summed E-state index contributed by atoms with van der Waals surface area (Å²) in [6, 6.07) is 10.0. The lowest BCUT2D eigenvalue weighted by molar-refractivity contribution is 0.195. The van der Waals surface area contributed by atoms with Gasteiger partial charge in [0.25, 0.3) is 0 Å². The molecule has 0 radical (unpaired) electrons. The van der Waals surface area contributed by atoms with Crippen LogP contribution < -0.4 is 5.32 Å². The highest BCUT2D eigenvalue weighted by atomic mass is 15.2. The normalized spacial score (nSPS) is 19.3. The van der Waals surface area contributed by atoms with E-state index in [0.717, 1.165) is 13.1 Å². The third-order valence-electron chi connectivity index (χ3n) is 3.87. The second-order valence-corrected chi connectivity index (χ2v) is 5.54. The molecule has 18 heavy (non-hydrogen) atoms. The molecule has 0 spiro atoms. The second kappa shape index (κ2) is 6.35. The average Bonchev–Trinajstić information content (AvgIpc) is 2.38. The molecule has 0 aliphatic carbocycles. The number of fused-ring (bicyclic) bond motifs is 1. The molecule has 0 bridgehead atoms. The molecule has 0 saturated heterocycles. The van der Waals surface area contributed by atoms with Crippen LogP contribution in [-0.2, 0) is 6.42 Å². The maximum absolute atomic E-state index is 3.68. The SMILES string of the molecule is CCCN(CC1NCCc2ccccc21)C(C)C. The lowest BCUT2D eigenvalue weighted by atomic mass is 9.94. The topological polar surface area (TPSA) is 15.3 Å². The van der Waals surface area contributed by atoms with Crippen LogP contribution in [0.2, 0.25) is 0 Å². The molecule has 2 nitrogen and oxygen atoms in total. The summed E-state index contributed by atoms with van der Waals surface area (Å²) < 4.78 is 0. The zero-order valence-corrected chi connectivity index (χ0v) is 11.9. The van der Waals surface area contributed by atoms with Gasteiger partial charge in [0.2, 0.25) is 0 Å². The van der Waals surface area contributed by atoms with Crippen molar-refractivity contribution in [3.8, 4) is 0 Å². The van der Waals surface area contributed by atoms with Crippen molar-refractivity contribution in [2.45, 2.75) is 45.7 Å². The summed E-state index contributed by atoms with van der Waals surface area (Å²) in [6.07, 6.45) is 2.40. The third-order valence-corrected chi connectivity index (χ3v) is 3.87. The van der Waals surface area contributed by atoms with Gasteiger partial charge in [-0.05, 0) is 50.9 Å². The average molecular weight is 246 g/mol. The van der Waals surface area contributed by atoms with Crippen LogP contribution in [0.3, 0.4) is 0 Å². The van der Waals surface area contributed by atoms with E-state index in [1.807, 2.05) is 0 Å². The maximum atomic E-state index is 3.68. The van der Waals surface area contributed by atoms with E-state index in [9.17, 15) is 0 Å². The number of benzene rings is 1. The first-order valence-electron chi connectivity index (χ1n) is 7.27. The van der Waals surface area contributed by atoms with Crippen LogP contribution in [-0.4, -0.2) is 30.6 Å². The molecular formula is C16H26N2. The van der Waals surface area contributed by atoms with E-state index < -0.39 is 0 Å². The van der Waals surface area contributed by atoms with Gasteiger partial charge in [0.1, 0.15) is 0 Å². The van der Waals surface area contributed by atoms with Gasteiger partial charge >= 0.3 is 0 Å². The van der Waals surface area contributed by atoms with Gasteiger partial charge in [-0.3, -0.25) is 4.90 Å². The molecular weight excluding hydrogens is 220 g/mol. The molecule has 1 atom stereocenters. The standard InChI is InChI=1S/C16H26N2/c1-4-11-18(13(2)3)12-16-15-8-6-5-7-14(15)9-10-17-16/h5-8,13,16-17H,4,9-12H2,1-3H3. The van der Waals surface area contributed by atoms with Crippen LogP contribution in [0.1, 0.15) is 44.4 Å². The number of nitrogens with one attached hydrogen (secondary N) is 1. The predicted octanol–water partition coefficient (Wildman–Crippen LogP) is 2.99. The minimum absolute atomic E-state index is 0.504. The van der Waals surface area contributed by atoms with Gasteiger partial charge in [-0.2, -0.15) is 0 Å². The highest BCUT2D eigenvalue weighted by Gasteiger charge is 2.22. The molecule has 1 N–H and O–H groups in total. The fraction of sp³-hybridized carbons (Fsp3) is 0.625. The molecule has 0 fully saturated rings. The summed E-state index contributed by atoms with van der Waals surface area (Å²) in [5, 5.41) is 3.68. The summed E-state index contributed by atoms with van der Waals surface area (Å²) in [7, 11) is 0. The van der Waals surface area contributed by atoms with Crippen LogP contribution in [0.25, 0.3) is 0 Å². The minimum Gasteiger partial charge on any atom is -0.309 e. The van der Waals surface area contributed by atoms with Gasteiger partial charge in [-0.25, -0.2) is 0 Å². The third kappa shape index (κ3) is 3.12. The fourth-order valence-corrected chi connectivity index (χ4v) is 2.84. The van der Waals surface area contributed by atoms with Crippen molar-refractivity contribution in [3.63, 3.8) is 0 Å². The Morgan fingerprint density at radius 1 is 1.33 bits per heavy atom. The molecule has 100 valence electrons. The van der Waals surface area contributed by atoms with Gasteiger partial charge in [0, 0.05) is 18.6 Å². The molecule has 0 amide bonds. The maximum Gasteiger partial charge on any atom is 0.0452 e. The molecule has 1 aromatic rings. The number of rotatable bonds is 5. The van der Waals surface area contributed by atoms with Crippen molar-refractivity contribution in [1.82, 2.24) is 10.2 Å². The van der Waals surface area contributed by atoms with Crippen LogP contribution >= 0.6 is 0 Å². The number of hydrogen-bond acceptors (Lipinski definition) is 2. The smallest absolute Gasteiger partial charge is 0.0452 e. The van der Waals surface area contributed by atoms with Gasteiger partial charge in [0.15, 0.2) is 0 Å². The Morgan fingerprint density at radius 3 is 2.83 bits per heavy atom. The Morgan fingerprint density at radius 2 is 2.11 bits per heavy atom. The van der Waals surface area contributed by atoms with Gasteiger partial charge < -0.3 is 5.32 Å². The molecule has 1 aliphatic heterocycles. The van der Waals surface area contributed by atoms with Gasteiger partial charge in [-0.1, -0.05) is 31.2 Å². The Hall–Kier alpha value is -0.860. The van der Waals surface area contributed by atoms with Crippen molar-refractivity contribution in [3.05, 3.63) is 35.4 Å². The van der Waals surface area contributed by atoms with Crippen LogP contribution in [0.4, 0.5) is 0 Å². The lowest BCUT2D eigenvalue weighted by Crippen LogP contribution is -2.42. The second-order valence-electron chi connectivity index (χ2n) is 5.54. The van der Waals surface area contributed by atoms with Crippen LogP contribution in [0, 0.1) is 0 Å². The van der Waals surface area contributed by atoms with E-state index in [0.29, 0.717) is 12.1 Å². The largest absolute Gasteiger partial charge is 0.309 e. The Labute approximate surface area is 111 Å². The molecule has 0 saturated carbocycles. The first kappa shape index (κ1) is 13.6. The minimum atomic E-state index is 0.504. The van der Waals surface area contributed by atoms with Crippen molar-refractivity contribution in [2.24, 2.45) is 0 Å². The van der Waals surface area contributed by atoms with E-state index in [1.165, 1.54) is 30.5 Å². The summed E-state index contributed by atoms with van der Waals surface area (Å²) in [5.74, 6) is 0. The van der Waals surface area contributed by atoms with E-state index in [-0.39, 0.29) is 0 Å². The number of nitrogens with zero attached hydrogens (tertiary/aromatic N) is 1. The molecule has 2 heteroatoms. The summed E-state index contributed by atoms with van der Waals surface area (Å²) in [5.41, 5.74) is 3.03. The van der Waals surface area contributed by atoms with Crippen molar-refractivity contribution >= 4 is 0 Å². The zero-order valence-electron chi connectivity index (χ0n) is 11.9. The molecule has 0 aromatic heterocycles. The van der Waals surface area contributed by atoms with Crippen molar-refractivity contribution < 1.29 is 0 Å². The van der Waals surface area contributed by atoms with Crippen LogP contribution in [0.5, 0.6) is 0 Å². The van der Waals surface area contributed by atoms with Gasteiger partial charge in [0.05, 0.1) is 0 Å². The lowest BCUT2D eigenvalue weighted by Gasteiger charge is -2.34. The molecule has 1 aromatic carbocycles. The van der Waals surface area contributed by atoms with Crippen molar-refractivity contribution in [1.29, 1.82) is 0 Å². The Kier molecular flexibility index (Phi) is 4.79. The summed E-state index contributed by atoms with van der Waals surface area (Å²) in [4.78, 5) is 2.58. The van der Waals surface area contributed by atoms with E-state index in [2.05, 4.69) is 55.3 Å². The first-order chi connectivity index (χ1) is 8.72. The summed E-state index contributed by atoms with van der Waals surface area (Å²) in [6.45, 7) is 10.3. The number of hydrogen-bond donors (Lipinski definition) is 1. The van der Waals surface area contributed by atoms with Crippen molar-refractivity contribution in [2.75, 3.05) is 19.6 Å². The van der Waals surface area contributed by atoms with E-state index >= 15 is 0 Å². The highest BCUT2D eigenvalue weighted by Crippen LogP contribution is 2.24. The molecule has 2 rings (SSSR count). The van der Waals surface area contributed by atoms with Gasteiger partial charge in [-0.15, -0.1) is 0 Å². The summed E-state index contributed by atoms with van der Waals surface area (Å²) >= 11 is 0. The predicted molar refractivity (Wildman–Crippen MR) is 77.9 cm³/mol. The van der Waals surface area contributed by atoms with Crippen LogP contribution in [0.15, 0.2) is 24.3 Å². The fourth-order valence-electron chi connectivity index (χ4n) is 2.84. The highest BCUT2D eigenvalue weighted by molar-refractivity contribution is 5.32. The zero-order chi connectivity index (χ0) is 13.0.